The van der Waals surface area contributed by atoms with E-state index >= 15 is 0 Å². The number of carbonyl (C=O) groups excluding carboxylic acids is 2. The van der Waals surface area contributed by atoms with Crippen LogP contribution in [0.4, 0.5) is 0 Å². The van der Waals surface area contributed by atoms with Gasteiger partial charge in [0.05, 0.1) is 19.8 Å². The van der Waals surface area contributed by atoms with Gasteiger partial charge in [0.25, 0.3) is 0 Å². The zero-order valence-corrected chi connectivity index (χ0v) is 29.9. The lowest BCUT2D eigenvalue weighted by molar-refractivity contribution is -0.161. The van der Waals surface area contributed by atoms with Crippen LogP contribution in [0.5, 0.6) is 0 Å². The van der Waals surface area contributed by atoms with Crippen LogP contribution in [0.2, 0.25) is 0 Å². The third-order valence-corrected chi connectivity index (χ3v) is 8.62. The lowest BCUT2D eigenvalue weighted by Crippen LogP contribution is -2.29. The van der Waals surface area contributed by atoms with Crippen molar-refractivity contribution < 1.29 is 47.8 Å². The predicted molar refractivity (Wildman–Crippen MR) is 182 cm³/mol. The molecule has 0 aliphatic carbocycles. The van der Waals surface area contributed by atoms with Crippen LogP contribution in [0.25, 0.3) is 0 Å². The summed E-state index contributed by atoms with van der Waals surface area (Å²) < 4.78 is 32.4. The van der Waals surface area contributed by atoms with E-state index in [9.17, 15) is 24.2 Å². The first-order valence-corrected chi connectivity index (χ1v) is 19.6. The average Bonchev–Trinajstić information content (AvgIpc) is 3.04. The number of esters is 2. The molecule has 0 aromatic carbocycles. The van der Waals surface area contributed by atoms with E-state index in [0.717, 1.165) is 57.8 Å². The summed E-state index contributed by atoms with van der Waals surface area (Å²) in [6.07, 6.45) is 26.3. The molecule has 0 saturated carbocycles. The summed E-state index contributed by atoms with van der Waals surface area (Å²) in [5.74, 6) is -0.939. The third kappa shape index (κ3) is 31.3. The average molecular weight is 679 g/mol. The van der Waals surface area contributed by atoms with E-state index in [4.69, 9.17) is 19.1 Å². The summed E-state index contributed by atoms with van der Waals surface area (Å²) in [4.78, 5) is 34.6. The zero-order chi connectivity index (χ0) is 34.1. The Balaban J connectivity index is 4.33. The van der Waals surface area contributed by atoms with E-state index in [1.807, 2.05) is 0 Å². The van der Waals surface area contributed by atoms with E-state index in [1.165, 1.54) is 64.2 Å². The summed E-state index contributed by atoms with van der Waals surface area (Å²) in [7, 11) is -4.60. The Morgan fingerprint density at radius 1 is 0.630 bits per heavy atom. The Kier molecular flexibility index (Phi) is 31.4. The molecule has 0 heterocycles. The molecule has 0 amide bonds. The fourth-order valence-electron chi connectivity index (χ4n) is 4.81. The molecule has 0 rings (SSSR count). The van der Waals surface area contributed by atoms with Crippen molar-refractivity contribution in [2.45, 2.75) is 174 Å². The number of phosphoric acid groups is 1. The minimum Gasteiger partial charge on any atom is -0.462 e. The van der Waals surface area contributed by atoms with Crippen molar-refractivity contribution in [2.75, 3.05) is 26.4 Å². The van der Waals surface area contributed by atoms with Gasteiger partial charge in [-0.05, 0) is 38.5 Å². The van der Waals surface area contributed by atoms with Crippen molar-refractivity contribution in [2.24, 2.45) is 0 Å². The van der Waals surface area contributed by atoms with E-state index < -0.39 is 51.8 Å². The number of carbonyl (C=O) groups is 2. The summed E-state index contributed by atoms with van der Waals surface area (Å²) in [5.41, 5.74) is 0. The predicted octanol–water partition coefficient (Wildman–Crippen LogP) is 8.50. The molecule has 10 nitrogen and oxygen atoms in total. The Hall–Kier alpha value is -1.29. The largest absolute Gasteiger partial charge is 0.472 e. The van der Waals surface area contributed by atoms with Gasteiger partial charge in [0.1, 0.15) is 12.7 Å². The number of rotatable bonds is 34. The molecule has 0 aliphatic heterocycles. The van der Waals surface area contributed by atoms with Crippen LogP contribution in [0.1, 0.15) is 162 Å². The molecule has 0 fully saturated rings. The van der Waals surface area contributed by atoms with E-state index in [0.29, 0.717) is 12.8 Å². The Morgan fingerprint density at radius 2 is 1.07 bits per heavy atom. The highest BCUT2D eigenvalue weighted by Crippen LogP contribution is 2.43. The minimum absolute atomic E-state index is 0.177. The second-order valence-electron chi connectivity index (χ2n) is 12.3. The maximum atomic E-state index is 12.5. The molecule has 0 spiro atoms. The normalized spacial score (nSPS) is 14.3. The topological polar surface area (TPSA) is 149 Å². The highest BCUT2D eigenvalue weighted by molar-refractivity contribution is 7.47. The van der Waals surface area contributed by atoms with Crippen LogP contribution in [0, 0.1) is 0 Å². The Morgan fingerprint density at radius 3 is 1.57 bits per heavy atom. The lowest BCUT2D eigenvalue weighted by atomic mass is 10.1. The van der Waals surface area contributed by atoms with Gasteiger partial charge < -0.3 is 24.6 Å². The van der Waals surface area contributed by atoms with Gasteiger partial charge in [0.2, 0.25) is 0 Å². The van der Waals surface area contributed by atoms with Crippen molar-refractivity contribution in [3.05, 3.63) is 12.2 Å². The van der Waals surface area contributed by atoms with Gasteiger partial charge >= 0.3 is 19.8 Å². The quantitative estimate of drug-likeness (QED) is 0.0262. The lowest BCUT2D eigenvalue weighted by Gasteiger charge is -2.20. The molecule has 0 saturated heterocycles. The minimum atomic E-state index is -4.60. The van der Waals surface area contributed by atoms with Crippen LogP contribution in [0.15, 0.2) is 12.2 Å². The Labute approximate surface area is 279 Å². The molecular formula is C35H67O10P. The molecular weight excluding hydrogens is 611 g/mol. The van der Waals surface area contributed by atoms with Gasteiger partial charge in [-0.1, -0.05) is 122 Å². The van der Waals surface area contributed by atoms with Gasteiger partial charge in [-0.3, -0.25) is 18.6 Å². The number of allylic oxidation sites excluding steroid dienone is 2. The molecule has 272 valence electrons. The molecule has 0 aliphatic rings. The first-order chi connectivity index (χ1) is 22.2. The van der Waals surface area contributed by atoms with Gasteiger partial charge in [0.15, 0.2) is 6.10 Å². The molecule has 0 bridgehead atoms. The highest BCUT2D eigenvalue weighted by atomic mass is 31.2. The number of hydrogen-bond donors (Lipinski definition) is 3. The summed E-state index contributed by atoms with van der Waals surface area (Å²) in [6.45, 7) is 2.30. The van der Waals surface area contributed by atoms with Crippen molar-refractivity contribution in [3.8, 4) is 0 Å². The smallest absolute Gasteiger partial charge is 0.462 e. The molecule has 3 unspecified atom stereocenters. The van der Waals surface area contributed by atoms with Gasteiger partial charge in [-0.2, -0.15) is 0 Å². The number of aliphatic hydroxyl groups is 2. The first-order valence-electron chi connectivity index (χ1n) is 18.1. The molecule has 46 heavy (non-hydrogen) atoms. The summed E-state index contributed by atoms with van der Waals surface area (Å²) >= 11 is 0. The van der Waals surface area contributed by atoms with Crippen molar-refractivity contribution >= 4 is 19.8 Å². The number of unbranched alkanes of at least 4 members (excludes halogenated alkanes) is 18. The number of aliphatic hydroxyl groups excluding tert-OH is 2. The molecule has 3 atom stereocenters. The van der Waals surface area contributed by atoms with Crippen molar-refractivity contribution in [3.63, 3.8) is 0 Å². The maximum Gasteiger partial charge on any atom is 0.472 e. The van der Waals surface area contributed by atoms with Crippen LogP contribution in [-0.2, 0) is 32.7 Å². The van der Waals surface area contributed by atoms with Gasteiger partial charge in [-0.15, -0.1) is 0 Å². The van der Waals surface area contributed by atoms with Crippen molar-refractivity contribution in [1.82, 2.24) is 0 Å². The highest BCUT2D eigenvalue weighted by Gasteiger charge is 2.27. The summed E-state index contributed by atoms with van der Waals surface area (Å²) in [6, 6.07) is 0. The maximum absolute atomic E-state index is 12.5. The number of hydrogen-bond acceptors (Lipinski definition) is 9. The second-order valence-corrected chi connectivity index (χ2v) is 13.7. The number of ether oxygens (including phenoxy) is 2. The van der Waals surface area contributed by atoms with Crippen molar-refractivity contribution in [1.29, 1.82) is 0 Å². The zero-order valence-electron chi connectivity index (χ0n) is 29.0. The molecule has 3 N–H and O–H groups in total. The van der Waals surface area contributed by atoms with Crippen LogP contribution in [0.3, 0.4) is 0 Å². The first kappa shape index (κ1) is 44.7. The SMILES string of the molecule is CCCCCCCCC/C=C\CCCCCCCC(=O)OC(COC(=O)CCCCCCCCC)COP(=O)(O)OCC(O)CO. The molecule has 0 radical (unpaired) electrons. The van der Waals surface area contributed by atoms with Crippen LogP contribution in [-0.4, -0.2) is 65.7 Å². The molecule has 0 aromatic heterocycles. The Bertz CT molecular complexity index is 791. The second kappa shape index (κ2) is 32.3. The molecule has 11 heteroatoms. The van der Waals surface area contributed by atoms with Crippen LogP contribution < -0.4 is 0 Å². The van der Waals surface area contributed by atoms with Gasteiger partial charge in [0, 0.05) is 12.8 Å². The fourth-order valence-corrected chi connectivity index (χ4v) is 5.60. The van der Waals surface area contributed by atoms with Gasteiger partial charge in [-0.25, -0.2) is 4.57 Å². The monoisotopic (exact) mass is 678 g/mol. The molecule has 0 aromatic rings. The van der Waals surface area contributed by atoms with E-state index in [-0.39, 0.29) is 19.4 Å². The standard InChI is InChI=1S/C35H67O10P/c1-3-5-7-9-11-12-13-14-15-16-17-18-19-21-23-25-27-35(39)45-33(31-44-46(40,41)43-29-32(37)28-36)30-42-34(38)26-24-22-20-10-8-6-4-2/h15-16,32-33,36-37H,3-14,17-31H2,1-2H3,(H,40,41)/b16-15-. The van der Waals surface area contributed by atoms with E-state index in [1.54, 1.807) is 0 Å². The third-order valence-electron chi connectivity index (χ3n) is 7.67. The van der Waals surface area contributed by atoms with Crippen LogP contribution >= 0.6 is 7.82 Å². The van der Waals surface area contributed by atoms with E-state index in [2.05, 4.69) is 30.5 Å². The number of phosphoric ester groups is 1. The summed E-state index contributed by atoms with van der Waals surface area (Å²) in [5, 5.41) is 18.2. The fraction of sp³-hybridized carbons (Fsp3) is 0.886.